The Hall–Kier alpha value is -1.95. The highest BCUT2D eigenvalue weighted by Gasteiger charge is 2.08. The molecule has 0 saturated heterocycles. The first-order valence-corrected chi connectivity index (χ1v) is 6.97. The van der Waals surface area contributed by atoms with Gasteiger partial charge in [-0.25, -0.2) is 4.98 Å². The van der Waals surface area contributed by atoms with Gasteiger partial charge in [-0.1, -0.05) is 11.8 Å². The quantitative estimate of drug-likeness (QED) is 0.741. The standard InChI is InChI=1S/C13H14N4OS/c1-16-6-5-15-13(16)19-8-7-17-9-11-10(12(17)18)3-2-4-14-11/h2-6,9,18H,7-8H2,1H3. The summed E-state index contributed by atoms with van der Waals surface area (Å²) in [6.07, 6.45) is 7.32. The minimum atomic E-state index is 0.281. The van der Waals surface area contributed by atoms with Gasteiger partial charge in [-0.3, -0.25) is 4.98 Å². The Morgan fingerprint density at radius 3 is 2.95 bits per heavy atom. The smallest absolute Gasteiger partial charge is 0.200 e. The molecule has 0 aliphatic carbocycles. The van der Waals surface area contributed by atoms with Crippen molar-refractivity contribution in [2.75, 3.05) is 5.75 Å². The van der Waals surface area contributed by atoms with Crippen LogP contribution in [0, 0.1) is 0 Å². The predicted molar refractivity (Wildman–Crippen MR) is 75.3 cm³/mol. The molecule has 98 valence electrons. The molecule has 0 unspecified atom stereocenters. The van der Waals surface area contributed by atoms with Gasteiger partial charge in [0.25, 0.3) is 0 Å². The van der Waals surface area contributed by atoms with Gasteiger partial charge in [0.1, 0.15) is 0 Å². The van der Waals surface area contributed by atoms with Gasteiger partial charge in [0, 0.05) is 44.1 Å². The van der Waals surface area contributed by atoms with E-state index in [1.165, 1.54) is 0 Å². The lowest BCUT2D eigenvalue weighted by Gasteiger charge is -2.04. The zero-order valence-corrected chi connectivity index (χ0v) is 11.3. The molecule has 0 aliphatic rings. The van der Waals surface area contributed by atoms with Crippen LogP contribution in [0.3, 0.4) is 0 Å². The van der Waals surface area contributed by atoms with Crippen molar-refractivity contribution in [2.24, 2.45) is 7.05 Å². The van der Waals surface area contributed by atoms with Crippen LogP contribution in [-0.4, -0.2) is 30.0 Å². The largest absolute Gasteiger partial charge is 0.494 e. The van der Waals surface area contributed by atoms with E-state index in [0.717, 1.165) is 28.4 Å². The molecule has 0 amide bonds. The van der Waals surface area contributed by atoms with E-state index in [2.05, 4.69) is 9.97 Å². The summed E-state index contributed by atoms with van der Waals surface area (Å²) in [6, 6.07) is 3.70. The Morgan fingerprint density at radius 1 is 1.32 bits per heavy atom. The molecule has 0 fully saturated rings. The minimum absolute atomic E-state index is 0.281. The van der Waals surface area contributed by atoms with Crippen molar-refractivity contribution in [2.45, 2.75) is 11.7 Å². The maximum Gasteiger partial charge on any atom is 0.200 e. The number of aromatic nitrogens is 4. The van der Waals surface area contributed by atoms with E-state index >= 15 is 0 Å². The molecule has 5 nitrogen and oxygen atoms in total. The second kappa shape index (κ2) is 4.97. The molecule has 1 N–H and O–H groups in total. The van der Waals surface area contributed by atoms with Gasteiger partial charge in [-0.15, -0.1) is 0 Å². The van der Waals surface area contributed by atoms with Gasteiger partial charge >= 0.3 is 0 Å². The maximum atomic E-state index is 10.1. The monoisotopic (exact) mass is 274 g/mol. The van der Waals surface area contributed by atoms with Gasteiger partial charge in [0.2, 0.25) is 5.88 Å². The SMILES string of the molecule is Cn1ccnc1SCCn1cc2ncccc2c1O. The third kappa shape index (κ3) is 2.31. The van der Waals surface area contributed by atoms with Crippen LogP contribution in [0.5, 0.6) is 5.88 Å². The first-order chi connectivity index (χ1) is 9.25. The molecular formula is C13H14N4OS. The number of thioether (sulfide) groups is 1. The fourth-order valence-corrected chi connectivity index (χ4v) is 2.84. The number of imidazole rings is 1. The molecule has 3 heterocycles. The molecule has 0 atom stereocenters. The Bertz CT molecular complexity index is 704. The number of hydrogen-bond donors (Lipinski definition) is 1. The van der Waals surface area contributed by atoms with E-state index in [0.29, 0.717) is 0 Å². The molecule has 0 aliphatic heterocycles. The van der Waals surface area contributed by atoms with Gasteiger partial charge in [0.15, 0.2) is 5.16 Å². The summed E-state index contributed by atoms with van der Waals surface area (Å²) in [5.74, 6) is 1.13. The fourth-order valence-electron chi connectivity index (χ4n) is 1.97. The van der Waals surface area contributed by atoms with Crippen LogP contribution in [0.15, 0.2) is 42.1 Å². The van der Waals surface area contributed by atoms with Crippen molar-refractivity contribution in [1.82, 2.24) is 19.1 Å². The van der Waals surface area contributed by atoms with E-state index in [4.69, 9.17) is 0 Å². The van der Waals surface area contributed by atoms with Crippen LogP contribution in [-0.2, 0) is 13.6 Å². The zero-order valence-electron chi connectivity index (χ0n) is 10.5. The summed E-state index contributed by atoms with van der Waals surface area (Å²) in [6.45, 7) is 0.722. The molecule has 0 bridgehead atoms. The topological polar surface area (TPSA) is 55.9 Å². The van der Waals surface area contributed by atoms with Gasteiger partial charge < -0.3 is 14.2 Å². The number of hydrogen-bond acceptors (Lipinski definition) is 4. The maximum absolute atomic E-state index is 10.1. The number of fused-ring (bicyclic) bond motifs is 1. The van der Waals surface area contributed by atoms with Gasteiger partial charge in [0.05, 0.1) is 10.9 Å². The lowest BCUT2D eigenvalue weighted by Crippen LogP contribution is -1.99. The van der Waals surface area contributed by atoms with E-state index < -0.39 is 0 Å². The second-order valence-electron chi connectivity index (χ2n) is 4.25. The van der Waals surface area contributed by atoms with Crippen LogP contribution in [0.2, 0.25) is 0 Å². The molecule has 0 radical (unpaired) electrons. The number of aryl methyl sites for hydroxylation is 2. The first-order valence-electron chi connectivity index (χ1n) is 5.98. The molecule has 6 heteroatoms. The van der Waals surface area contributed by atoms with Gasteiger partial charge in [-0.05, 0) is 12.1 Å². The minimum Gasteiger partial charge on any atom is -0.494 e. The third-order valence-electron chi connectivity index (χ3n) is 2.97. The highest BCUT2D eigenvalue weighted by molar-refractivity contribution is 7.99. The Labute approximate surface area is 114 Å². The summed E-state index contributed by atoms with van der Waals surface area (Å²) in [5, 5.41) is 11.9. The number of aromatic hydroxyl groups is 1. The Kier molecular flexibility index (Phi) is 3.16. The molecule has 3 aromatic heterocycles. The van der Waals surface area contributed by atoms with E-state index in [1.807, 2.05) is 40.7 Å². The summed E-state index contributed by atoms with van der Waals surface area (Å²) in [5.41, 5.74) is 0.821. The van der Waals surface area contributed by atoms with Gasteiger partial charge in [-0.2, -0.15) is 0 Å². The van der Waals surface area contributed by atoms with Crippen molar-refractivity contribution < 1.29 is 5.11 Å². The van der Waals surface area contributed by atoms with Crippen LogP contribution < -0.4 is 0 Å². The van der Waals surface area contributed by atoms with Crippen molar-refractivity contribution in [3.05, 3.63) is 36.9 Å². The highest BCUT2D eigenvalue weighted by atomic mass is 32.2. The average molecular weight is 274 g/mol. The molecule has 3 aromatic rings. The first kappa shape index (κ1) is 12.1. The molecule has 0 saturated carbocycles. The summed E-state index contributed by atoms with van der Waals surface area (Å²) in [4.78, 5) is 8.48. The summed E-state index contributed by atoms with van der Waals surface area (Å²) >= 11 is 1.67. The lowest BCUT2D eigenvalue weighted by atomic mass is 10.3. The van der Waals surface area contributed by atoms with Crippen LogP contribution >= 0.6 is 11.8 Å². The van der Waals surface area contributed by atoms with Crippen LogP contribution in [0.1, 0.15) is 0 Å². The Balaban J connectivity index is 1.72. The molecule has 0 aromatic carbocycles. The van der Waals surface area contributed by atoms with E-state index in [1.54, 1.807) is 24.2 Å². The predicted octanol–water partition coefficient (Wildman–Crippen LogP) is 2.27. The Morgan fingerprint density at radius 2 is 2.21 bits per heavy atom. The number of nitrogens with zero attached hydrogens (tertiary/aromatic N) is 4. The van der Waals surface area contributed by atoms with Crippen molar-refractivity contribution in [1.29, 1.82) is 0 Å². The average Bonchev–Trinajstić information content (AvgIpc) is 2.96. The molecule has 3 rings (SSSR count). The zero-order chi connectivity index (χ0) is 13.2. The third-order valence-corrected chi connectivity index (χ3v) is 4.01. The summed E-state index contributed by atoms with van der Waals surface area (Å²) in [7, 11) is 1.97. The van der Waals surface area contributed by atoms with E-state index in [-0.39, 0.29) is 5.88 Å². The fraction of sp³-hybridized carbons (Fsp3) is 0.231. The van der Waals surface area contributed by atoms with E-state index in [9.17, 15) is 5.11 Å². The van der Waals surface area contributed by atoms with Crippen LogP contribution in [0.4, 0.5) is 0 Å². The lowest BCUT2D eigenvalue weighted by molar-refractivity contribution is 0.428. The normalized spacial score (nSPS) is 11.2. The second-order valence-corrected chi connectivity index (χ2v) is 5.31. The summed E-state index contributed by atoms with van der Waals surface area (Å²) < 4.78 is 3.81. The van der Waals surface area contributed by atoms with Crippen molar-refractivity contribution in [3.8, 4) is 5.88 Å². The highest BCUT2D eigenvalue weighted by Crippen LogP contribution is 2.26. The number of pyridine rings is 1. The van der Waals surface area contributed by atoms with Crippen molar-refractivity contribution in [3.63, 3.8) is 0 Å². The molecule has 0 spiro atoms. The van der Waals surface area contributed by atoms with Crippen LogP contribution in [0.25, 0.3) is 10.9 Å². The molecular weight excluding hydrogens is 260 g/mol. The van der Waals surface area contributed by atoms with Crippen molar-refractivity contribution >= 4 is 22.7 Å². The number of rotatable bonds is 4. The molecule has 19 heavy (non-hydrogen) atoms.